The minimum absolute atomic E-state index is 0.0103. The van der Waals surface area contributed by atoms with Gasteiger partial charge in [0.05, 0.1) is 33.0 Å². The molecule has 8 nitrogen and oxygen atoms in total. The van der Waals surface area contributed by atoms with Crippen LogP contribution >= 0.6 is 34.8 Å². The summed E-state index contributed by atoms with van der Waals surface area (Å²) in [7, 11) is 0. The first kappa shape index (κ1) is 26.3. The Hall–Kier alpha value is -3.33. The summed E-state index contributed by atoms with van der Waals surface area (Å²) in [4.78, 5) is 41.1. The number of nitrogens with one attached hydrogen (secondary N) is 2. The molecule has 38 heavy (non-hydrogen) atoms. The van der Waals surface area contributed by atoms with Crippen LogP contribution in [0.5, 0.6) is 0 Å². The molecule has 1 aliphatic heterocycles. The molecule has 0 unspecified atom stereocenters. The summed E-state index contributed by atoms with van der Waals surface area (Å²) >= 11 is 18.9. The van der Waals surface area contributed by atoms with Gasteiger partial charge in [-0.2, -0.15) is 0 Å². The Kier molecular flexibility index (Phi) is 7.22. The van der Waals surface area contributed by atoms with Crippen molar-refractivity contribution >= 4 is 46.7 Å². The number of fused-ring (bicyclic) bond motifs is 1. The highest BCUT2D eigenvalue weighted by molar-refractivity contribution is 6.42. The number of carbonyl (C=O) groups is 1. The topological polar surface area (TPSA) is 95.9 Å². The average Bonchev–Trinajstić information content (AvgIpc) is 3.41. The number of hydrogen-bond donors (Lipinski definition) is 2. The van der Waals surface area contributed by atoms with Crippen LogP contribution in [0.1, 0.15) is 42.4 Å². The van der Waals surface area contributed by atoms with Crippen molar-refractivity contribution in [3.63, 3.8) is 0 Å². The smallest absolute Gasteiger partial charge is 0.263 e. The van der Waals surface area contributed by atoms with Gasteiger partial charge >= 0.3 is 0 Å². The summed E-state index contributed by atoms with van der Waals surface area (Å²) in [5, 5.41) is 4.34. The minimum atomic E-state index is -0.242. The van der Waals surface area contributed by atoms with Gasteiger partial charge in [0.15, 0.2) is 0 Å². The Bertz CT molecular complexity index is 1580. The average molecular weight is 572 g/mol. The SMILES string of the molecule is CC(C)Nc1nc2c(c(=O)n1-c1ccc(-c3ncc[nH]3)cc1Cl)C[C@@H](C)N(C(=O)c1ccc(Cl)c(Cl)c1)C2. The van der Waals surface area contributed by atoms with Gasteiger partial charge in [0.2, 0.25) is 5.95 Å². The zero-order valence-corrected chi connectivity index (χ0v) is 23.2. The van der Waals surface area contributed by atoms with Crippen molar-refractivity contribution in [1.29, 1.82) is 0 Å². The van der Waals surface area contributed by atoms with Gasteiger partial charge in [0.25, 0.3) is 11.5 Å². The molecule has 0 radical (unpaired) electrons. The molecule has 0 saturated carbocycles. The molecule has 11 heteroatoms. The molecule has 2 aromatic carbocycles. The highest BCUT2D eigenvalue weighted by atomic mass is 35.5. The number of anilines is 1. The number of aromatic nitrogens is 4. The molecule has 0 aliphatic carbocycles. The molecule has 0 bridgehead atoms. The lowest BCUT2D eigenvalue weighted by atomic mass is 9.98. The molecule has 0 fully saturated rings. The summed E-state index contributed by atoms with van der Waals surface area (Å²) in [5.41, 5.74) is 2.60. The number of halogens is 3. The summed E-state index contributed by atoms with van der Waals surface area (Å²) in [5.74, 6) is 0.825. The number of nitrogens with zero attached hydrogens (tertiary/aromatic N) is 4. The molecule has 0 spiro atoms. The second-order valence-electron chi connectivity index (χ2n) is 9.52. The van der Waals surface area contributed by atoms with Crippen molar-refractivity contribution in [3.05, 3.63) is 91.0 Å². The maximum absolute atomic E-state index is 13.9. The van der Waals surface area contributed by atoms with Crippen LogP contribution in [0.15, 0.2) is 53.6 Å². The normalized spacial score (nSPS) is 15.0. The molecule has 2 aromatic heterocycles. The van der Waals surface area contributed by atoms with E-state index in [4.69, 9.17) is 39.8 Å². The predicted molar refractivity (Wildman–Crippen MR) is 151 cm³/mol. The fraction of sp³-hybridized carbons (Fsp3) is 0.259. The van der Waals surface area contributed by atoms with Gasteiger partial charge in [0, 0.05) is 41.2 Å². The van der Waals surface area contributed by atoms with E-state index in [1.54, 1.807) is 47.6 Å². The largest absolute Gasteiger partial charge is 0.353 e. The van der Waals surface area contributed by atoms with Gasteiger partial charge < -0.3 is 15.2 Å². The molecule has 2 N–H and O–H groups in total. The molecule has 0 saturated heterocycles. The Morgan fingerprint density at radius 3 is 2.55 bits per heavy atom. The fourth-order valence-electron chi connectivity index (χ4n) is 4.56. The number of aromatic amines is 1. The number of carbonyl (C=O) groups excluding carboxylic acids is 1. The standard InChI is InChI=1S/C27H25Cl3N6O2/c1-14(2)33-27-34-22-13-35(25(37)17-4-6-19(28)20(29)12-17)15(3)10-18(22)26(38)36(27)23-7-5-16(11-21(23)30)24-31-8-9-32-24/h4-9,11-12,14-15H,10,13H2,1-3H3,(H,31,32)(H,33,34)/t15-/m1/s1. The first-order chi connectivity index (χ1) is 18.1. The molecule has 4 aromatic rings. The van der Waals surface area contributed by atoms with Crippen LogP contribution in [0.2, 0.25) is 15.1 Å². The van der Waals surface area contributed by atoms with E-state index < -0.39 is 0 Å². The van der Waals surface area contributed by atoms with Crippen molar-refractivity contribution in [2.45, 2.75) is 45.8 Å². The third-order valence-corrected chi connectivity index (χ3v) is 7.46. The Balaban J connectivity index is 1.57. The van der Waals surface area contributed by atoms with E-state index >= 15 is 0 Å². The maximum atomic E-state index is 13.9. The van der Waals surface area contributed by atoms with Crippen LogP contribution in [-0.4, -0.2) is 42.4 Å². The minimum Gasteiger partial charge on any atom is -0.353 e. The van der Waals surface area contributed by atoms with Gasteiger partial charge in [0.1, 0.15) is 5.82 Å². The van der Waals surface area contributed by atoms with Crippen molar-refractivity contribution in [1.82, 2.24) is 24.4 Å². The number of H-pyrrole nitrogens is 1. The molecule has 196 valence electrons. The van der Waals surface area contributed by atoms with Crippen molar-refractivity contribution in [3.8, 4) is 17.1 Å². The first-order valence-electron chi connectivity index (χ1n) is 12.1. The lowest BCUT2D eigenvalue weighted by Crippen LogP contribution is -2.46. The predicted octanol–water partition coefficient (Wildman–Crippen LogP) is 5.99. The van der Waals surface area contributed by atoms with Crippen molar-refractivity contribution in [2.24, 2.45) is 0 Å². The summed E-state index contributed by atoms with van der Waals surface area (Å²) in [6.07, 6.45) is 3.74. The summed E-state index contributed by atoms with van der Waals surface area (Å²) in [6.45, 7) is 6.01. The molecular formula is C27H25Cl3N6O2. The molecule has 1 amide bonds. The van der Waals surface area contributed by atoms with Crippen LogP contribution in [-0.2, 0) is 13.0 Å². The molecule has 3 heterocycles. The second kappa shape index (κ2) is 10.4. The highest BCUT2D eigenvalue weighted by Gasteiger charge is 2.32. The monoisotopic (exact) mass is 570 g/mol. The number of benzene rings is 2. The Labute approximate surface area is 234 Å². The summed E-state index contributed by atoms with van der Waals surface area (Å²) < 4.78 is 1.51. The van der Waals surface area contributed by atoms with E-state index in [1.807, 2.05) is 26.8 Å². The summed E-state index contributed by atoms with van der Waals surface area (Å²) in [6, 6.07) is 9.95. The van der Waals surface area contributed by atoms with E-state index in [9.17, 15) is 9.59 Å². The van der Waals surface area contributed by atoms with Crippen LogP contribution in [0, 0.1) is 0 Å². The zero-order chi connectivity index (χ0) is 27.1. The molecule has 1 aliphatic rings. The van der Waals surface area contributed by atoms with E-state index in [-0.39, 0.29) is 30.1 Å². The fourth-order valence-corrected chi connectivity index (χ4v) is 5.13. The number of imidazole rings is 1. The first-order valence-corrected chi connectivity index (χ1v) is 13.2. The van der Waals surface area contributed by atoms with Gasteiger partial charge in [-0.15, -0.1) is 0 Å². The third-order valence-electron chi connectivity index (χ3n) is 6.42. The van der Waals surface area contributed by atoms with E-state index in [0.717, 1.165) is 5.56 Å². The number of rotatable bonds is 5. The van der Waals surface area contributed by atoms with Crippen LogP contribution in [0.25, 0.3) is 17.1 Å². The van der Waals surface area contributed by atoms with Gasteiger partial charge in [-0.25, -0.2) is 14.5 Å². The van der Waals surface area contributed by atoms with Crippen LogP contribution < -0.4 is 10.9 Å². The van der Waals surface area contributed by atoms with Crippen LogP contribution in [0.3, 0.4) is 0 Å². The highest BCUT2D eigenvalue weighted by Crippen LogP contribution is 2.30. The lowest BCUT2D eigenvalue weighted by Gasteiger charge is -2.35. The maximum Gasteiger partial charge on any atom is 0.263 e. The van der Waals surface area contributed by atoms with Gasteiger partial charge in [-0.3, -0.25) is 9.59 Å². The number of amides is 1. The third kappa shape index (κ3) is 4.91. The molecular weight excluding hydrogens is 547 g/mol. The Morgan fingerprint density at radius 2 is 1.89 bits per heavy atom. The quantitative estimate of drug-likeness (QED) is 0.307. The van der Waals surface area contributed by atoms with Crippen molar-refractivity contribution < 1.29 is 4.79 Å². The lowest BCUT2D eigenvalue weighted by molar-refractivity contribution is 0.0653. The Morgan fingerprint density at radius 1 is 1.11 bits per heavy atom. The van der Waals surface area contributed by atoms with Crippen molar-refractivity contribution in [2.75, 3.05) is 5.32 Å². The number of hydrogen-bond acceptors (Lipinski definition) is 5. The van der Waals surface area contributed by atoms with E-state index in [0.29, 0.717) is 55.8 Å². The van der Waals surface area contributed by atoms with Gasteiger partial charge in [-0.1, -0.05) is 34.8 Å². The molecule has 5 rings (SSSR count). The van der Waals surface area contributed by atoms with Gasteiger partial charge in [-0.05, 0) is 63.6 Å². The van der Waals surface area contributed by atoms with Crippen LogP contribution in [0.4, 0.5) is 5.95 Å². The molecule has 1 atom stereocenters. The van der Waals surface area contributed by atoms with E-state index in [1.165, 1.54) is 4.57 Å². The second-order valence-corrected chi connectivity index (χ2v) is 10.7. The van der Waals surface area contributed by atoms with E-state index in [2.05, 4.69) is 15.3 Å². The zero-order valence-electron chi connectivity index (χ0n) is 20.9.